The number of primary amides is 1. The molecule has 1 rings (SSSR count). The van der Waals surface area contributed by atoms with E-state index in [0.717, 1.165) is 43.6 Å². The first-order chi connectivity index (χ1) is 8.67. The molecule has 3 N–H and O–H groups in total. The van der Waals surface area contributed by atoms with Gasteiger partial charge in [0.1, 0.15) is 0 Å². The first kappa shape index (κ1) is 14.3. The molecular weight excluding hydrogens is 230 g/mol. The molecule has 0 spiro atoms. The van der Waals surface area contributed by atoms with Crippen LogP contribution in [0.4, 0.5) is 5.95 Å². The molecule has 0 aliphatic heterocycles. The van der Waals surface area contributed by atoms with Crippen molar-refractivity contribution in [2.24, 2.45) is 5.73 Å². The van der Waals surface area contributed by atoms with E-state index in [4.69, 9.17) is 5.73 Å². The van der Waals surface area contributed by atoms with E-state index in [2.05, 4.69) is 27.4 Å². The van der Waals surface area contributed by atoms with E-state index in [0.29, 0.717) is 12.4 Å². The third-order valence-corrected chi connectivity index (χ3v) is 2.64. The van der Waals surface area contributed by atoms with Gasteiger partial charge in [-0.3, -0.25) is 4.79 Å². The summed E-state index contributed by atoms with van der Waals surface area (Å²) in [6.45, 7) is 4.82. The van der Waals surface area contributed by atoms with Crippen LogP contribution in [0.25, 0.3) is 0 Å². The van der Waals surface area contributed by atoms with Gasteiger partial charge in [-0.05, 0) is 25.7 Å². The van der Waals surface area contributed by atoms with Gasteiger partial charge in [0.15, 0.2) is 0 Å². The van der Waals surface area contributed by atoms with Crippen LogP contribution in [-0.2, 0) is 17.6 Å². The van der Waals surface area contributed by atoms with Crippen LogP contribution in [0.3, 0.4) is 0 Å². The van der Waals surface area contributed by atoms with Crippen molar-refractivity contribution in [3.8, 4) is 0 Å². The predicted molar refractivity (Wildman–Crippen MR) is 70.1 cm³/mol. The van der Waals surface area contributed by atoms with Crippen molar-refractivity contribution in [3.63, 3.8) is 0 Å². The number of nitrogens with two attached hydrogens (primary N) is 1. The first-order valence-corrected chi connectivity index (χ1v) is 6.42. The summed E-state index contributed by atoms with van der Waals surface area (Å²) in [5.74, 6) is 0.302. The van der Waals surface area contributed by atoms with Gasteiger partial charge < -0.3 is 11.1 Å². The molecular formula is C12H21N5O. The fraction of sp³-hybridized carbons (Fsp3) is 0.667. The molecule has 0 saturated carbocycles. The van der Waals surface area contributed by atoms with E-state index in [1.807, 2.05) is 6.92 Å². The van der Waals surface area contributed by atoms with Gasteiger partial charge in [-0.15, -0.1) is 5.10 Å². The molecule has 18 heavy (non-hydrogen) atoms. The molecule has 0 bridgehead atoms. The van der Waals surface area contributed by atoms with E-state index >= 15 is 0 Å². The first-order valence-electron chi connectivity index (χ1n) is 6.42. The number of aryl methyl sites for hydroxylation is 2. The number of nitrogens with one attached hydrogen (secondary N) is 1. The van der Waals surface area contributed by atoms with Gasteiger partial charge in [-0.25, -0.2) is 4.98 Å². The average molecular weight is 251 g/mol. The second kappa shape index (κ2) is 7.58. The quantitative estimate of drug-likeness (QED) is 0.674. The molecule has 0 aromatic carbocycles. The van der Waals surface area contributed by atoms with E-state index in [1.165, 1.54) is 0 Å². The Balaban J connectivity index is 2.40. The normalized spacial score (nSPS) is 10.3. The second-order valence-electron chi connectivity index (χ2n) is 4.09. The zero-order valence-corrected chi connectivity index (χ0v) is 11.1. The standard InChI is InChI=1S/C12H21N5O/c1-3-9-10(4-2)16-17-12(15-9)14-8-6-5-7-11(13)18/h3-8H2,1-2H3,(H2,13,18)(H,14,15,17). The van der Waals surface area contributed by atoms with Crippen LogP contribution in [0.2, 0.25) is 0 Å². The van der Waals surface area contributed by atoms with Crippen LogP contribution in [0, 0.1) is 0 Å². The highest BCUT2D eigenvalue weighted by Gasteiger charge is 2.05. The summed E-state index contributed by atoms with van der Waals surface area (Å²) in [4.78, 5) is 15.0. The molecule has 1 amide bonds. The molecule has 0 aliphatic carbocycles. The largest absolute Gasteiger partial charge is 0.370 e. The fourth-order valence-electron chi connectivity index (χ4n) is 1.64. The lowest BCUT2D eigenvalue weighted by molar-refractivity contribution is -0.118. The lowest BCUT2D eigenvalue weighted by Crippen LogP contribution is -2.12. The molecule has 6 nitrogen and oxygen atoms in total. The SMILES string of the molecule is CCc1nnc(NCCCCC(N)=O)nc1CC. The van der Waals surface area contributed by atoms with Gasteiger partial charge in [-0.2, -0.15) is 5.10 Å². The van der Waals surface area contributed by atoms with Gasteiger partial charge in [-0.1, -0.05) is 13.8 Å². The number of aromatic nitrogens is 3. The predicted octanol–water partition coefficient (Wildman–Crippen LogP) is 1.06. The van der Waals surface area contributed by atoms with Gasteiger partial charge in [0.05, 0.1) is 11.4 Å². The summed E-state index contributed by atoms with van der Waals surface area (Å²) < 4.78 is 0. The lowest BCUT2D eigenvalue weighted by Gasteiger charge is -2.07. The maximum Gasteiger partial charge on any atom is 0.242 e. The number of carbonyl (C=O) groups excluding carboxylic acids is 1. The van der Waals surface area contributed by atoms with E-state index in [-0.39, 0.29) is 5.91 Å². The molecule has 6 heteroatoms. The lowest BCUT2D eigenvalue weighted by atomic mass is 10.2. The third kappa shape index (κ3) is 4.65. The number of nitrogens with zero attached hydrogens (tertiary/aromatic N) is 3. The highest BCUT2D eigenvalue weighted by molar-refractivity contribution is 5.73. The van der Waals surface area contributed by atoms with E-state index in [9.17, 15) is 4.79 Å². The Labute approximate surface area is 107 Å². The number of rotatable bonds is 8. The Bertz CT molecular complexity index is 394. The molecule has 0 radical (unpaired) electrons. The summed E-state index contributed by atoms with van der Waals surface area (Å²) in [5.41, 5.74) is 7.01. The van der Waals surface area contributed by atoms with Crippen molar-refractivity contribution in [1.29, 1.82) is 0 Å². The van der Waals surface area contributed by atoms with Crippen LogP contribution >= 0.6 is 0 Å². The maximum absolute atomic E-state index is 10.6. The smallest absolute Gasteiger partial charge is 0.242 e. The molecule has 100 valence electrons. The summed E-state index contributed by atoms with van der Waals surface area (Å²) in [5, 5.41) is 11.3. The highest BCUT2D eigenvalue weighted by Crippen LogP contribution is 2.07. The van der Waals surface area contributed by atoms with Crippen LogP contribution in [0.1, 0.15) is 44.5 Å². The molecule has 0 fully saturated rings. The molecule has 1 aromatic heterocycles. The number of anilines is 1. The van der Waals surface area contributed by atoms with Gasteiger partial charge >= 0.3 is 0 Å². The Hall–Kier alpha value is -1.72. The van der Waals surface area contributed by atoms with Crippen molar-refractivity contribution in [3.05, 3.63) is 11.4 Å². The molecule has 1 heterocycles. The van der Waals surface area contributed by atoms with E-state index in [1.54, 1.807) is 0 Å². The molecule has 0 aliphatic rings. The average Bonchev–Trinajstić information content (AvgIpc) is 2.37. The summed E-state index contributed by atoms with van der Waals surface area (Å²) in [7, 11) is 0. The number of hydrogen-bond acceptors (Lipinski definition) is 5. The minimum absolute atomic E-state index is 0.256. The zero-order chi connectivity index (χ0) is 13.4. The highest BCUT2D eigenvalue weighted by atomic mass is 16.1. The van der Waals surface area contributed by atoms with Crippen molar-refractivity contribution in [2.45, 2.75) is 46.0 Å². The Morgan fingerprint density at radius 2 is 1.89 bits per heavy atom. The number of amides is 1. The molecule has 1 aromatic rings. The van der Waals surface area contributed by atoms with Crippen LogP contribution in [-0.4, -0.2) is 27.6 Å². The summed E-state index contributed by atoms with van der Waals surface area (Å²) >= 11 is 0. The minimum Gasteiger partial charge on any atom is -0.370 e. The number of carbonyl (C=O) groups is 1. The topological polar surface area (TPSA) is 93.8 Å². The van der Waals surface area contributed by atoms with Crippen LogP contribution < -0.4 is 11.1 Å². The van der Waals surface area contributed by atoms with Crippen molar-refractivity contribution < 1.29 is 4.79 Å². The number of unbranched alkanes of at least 4 members (excludes halogenated alkanes) is 1. The van der Waals surface area contributed by atoms with Gasteiger partial charge in [0.2, 0.25) is 11.9 Å². The van der Waals surface area contributed by atoms with E-state index < -0.39 is 0 Å². The molecule has 0 unspecified atom stereocenters. The summed E-state index contributed by atoms with van der Waals surface area (Å²) in [6, 6.07) is 0. The maximum atomic E-state index is 10.6. The monoisotopic (exact) mass is 251 g/mol. The van der Waals surface area contributed by atoms with Crippen molar-refractivity contribution >= 4 is 11.9 Å². The summed E-state index contributed by atoms with van der Waals surface area (Å²) in [6.07, 6.45) is 3.78. The molecule has 0 atom stereocenters. The van der Waals surface area contributed by atoms with Gasteiger partial charge in [0.25, 0.3) is 0 Å². The van der Waals surface area contributed by atoms with Crippen LogP contribution in [0.15, 0.2) is 0 Å². The Morgan fingerprint density at radius 3 is 2.50 bits per heavy atom. The molecule has 0 saturated heterocycles. The fourth-order valence-corrected chi connectivity index (χ4v) is 1.64. The Kier molecular flexibility index (Phi) is 6.04. The Morgan fingerprint density at radius 1 is 1.17 bits per heavy atom. The van der Waals surface area contributed by atoms with Gasteiger partial charge in [0, 0.05) is 13.0 Å². The third-order valence-electron chi connectivity index (χ3n) is 2.64. The van der Waals surface area contributed by atoms with Crippen molar-refractivity contribution in [1.82, 2.24) is 15.2 Å². The number of hydrogen-bond donors (Lipinski definition) is 2. The minimum atomic E-state index is -0.256. The van der Waals surface area contributed by atoms with Crippen LogP contribution in [0.5, 0.6) is 0 Å². The van der Waals surface area contributed by atoms with Crippen molar-refractivity contribution in [2.75, 3.05) is 11.9 Å². The zero-order valence-electron chi connectivity index (χ0n) is 11.1. The second-order valence-corrected chi connectivity index (χ2v) is 4.09.